The van der Waals surface area contributed by atoms with Gasteiger partial charge in [-0.2, -0.15) is 13.2 Å². The molecule has 294 valence electrons. The van der Waals surface area contributed by atoms with Crippen LogP contribution in [0.15, 0.2) is 47.5 Å². The number of carbonyl (C=O) groups is 4. The van der Waals surface area contributed by atoms with Gasteiger partial charge in [0.2, 0.25) is 5.91 Å². The Morgan fingerprint density at radius 1 is 1.04 bits per heavy atom. The first kappa shape index (κ1) is 41.6. The van der Waals surface area contributed by atoms with Crippen LogP contribution in [0.3, 0.4) is 0 Å². The standard InChI is InChI=1S/C36H36ClN7O4S.C2HF3O2/c1-20-21(2)49-35-31(20)32(23-7-10-26(37)11-8-23)39-29(33-41-40-22(3)44(33)35)19-30(45)43-16-13-27(14-17-43)42(4)34(46)25-9-12-28(36(47)48)24(18-25)6-5-15-38;3-2(4,5)1(6)7/h7-12,18,27,29H,13-17,19,38H2,1-4H3,(H,47,48);(H,6,7)/t29-;/m0./s1. The van der Waals surface area contributed by atoms with Gasteiger partial charge in [0.15, 0.2) is 5.82 Å². The number of aliphatic imine (C=N–C) groups is 1. The van der Waals surface area contributed by atoms with Crippen molar-refractivity contribution in [1.82, 2.24) is 24.6 Å². The van der Waals surface area contributed by atoms with Crippen LogP contribution in [0, 0.1) is 32.6 Å². The Balaban J connectivity index is 0.000000784. The average molecular weight is 812 g/mol. The highest BCUT2D eigenvalue weighted by Crippen LogP contribution is 2.40. The van der Waals surface area contributed by atoms with Crippen molar-refractivity contribution in [2.75, 3.05) is 26.7 Å². The van der Waals surface area contributed by atoms with E-state index < -0.39 is 24.2 Å². The number of thiophene rings is 1. The van der Waals surface area contributed by atoms with Crippen LogP contribution >= 0.6 is 22.9 Å². The van der Waals surface area contributed by atoms with E-state index in [1.807, 2.05) is 40.7 Å². The van der Waals surface area contributed by atoms with Gasteiger partial charge < -0.3 is 25.7 Å². The number of carboxylic acid groups (broad SMARTS) is 2. The number of halogens is 4. The molecule has 0 unspecified atom stereocenters. The van der Waals surface area contributed by atoms with Gasteiger partial charge in [0.05, 0.1) is 24.2 Å². The summed E-state index contributed by atoms with van der Waals surface area (Å²) in [6.07, 6.45) is -3.78. The van der Waals surface area contributed by atoms with Gasteiger partial charge in [0.1, 0.15) is 16.9 Å². The minimum absolute atomic E-state index is 0.0135. The number of carbonyl (C=O) groups excluding carboxylic acids is 2. The van der Waals surface area contributed by atoms with E-state index in [0.29, 0.717) is 42.3 Å². The zero-order valence-electron chi connectivity index (χ0n) is 30.6. The first-order chi connectivity index (χ1) is 26.4. The van der Waals surface area contributed by atoms with Gasteiger partial charge in [0.25, 0.3) is 5.91 Å². The van der Waals surface area contributed by atoms with E-state index in [1.54, 1.807) is 23.3 Å². The molecule has 2 amide bonds. The van der Waals surface area contributed by atoms with Gasteiger partial charge in [-0.15, -0.1) is 21.5 Å². The summed E-state index contributed by atoms with van der Waals surface area (Å²) in [7, 11) is 1.73. The molecule has 13 nitrogen and oxygen atoms in total. The van der Waals surface area contributed by atoms with Crippen molar-refractivity contribution < 1.29 is 42.6 Å². The number of hydrogen-bond acceptors (Lipinski definition) is 9. The maximum absolute atomic E-state index is 13.9. The first-order valence-electron chi connectivity index (χ1n) is 17.2. The number of nitrogens with two attached hydrogens (primary N) is 1. The third-order valence-corrected chi connectivity index (χ3v) is 10.9. The molecule has 1 saturated heterocycles. The first-order valence-corrected chi connectivity index (χ1v) is 18.4. The molecule has 1 fully saturated rings. The minimum atomic E-state index is -5.08. The number of aromatic carboxylic acids is 1. The lowest BCUT2D eigenvalue weighted by Crippen LogP contribution is -2.47. The smallest absolute Gasteiger partial charge is 0.478 e. The summed E-state index contributed by atoms with van der Waals surface area (Å²) in [6.45, 7) is 7.11. The molecule has 0 radical (unpaired) electrons. The van der Waals surface area contributed by atoms with Crippen LogP contribution < -0.4 is 5.73 Å². The van der Waals surface area contributed by atoms with E-state index in [-0.39, 0.29) is 41.9 Å². The van der Waals surface area contributed by atoms with Crippen molar-refractivity contribution in [3.8, 4) is 16.8 Å². The number of hydrogen-bond donors (Lipinski definition) is 3. The van der Waals surface area contributed by atoms with E-state index in [9.17, 15) is 32.7 Å². The van der Waals surface area contributed by atoms with Gasteiger partial charge in [-0.1, -0.05) is 35.6 Å². The molecule has 56 heavy (non-hydrogen) atoms. The Labute approximate surface area is 328 Å². The van der Waals surface area contributed by atoms with E-state index >= 15 is 0 Å². The Morgan fingerprint density at radius 2 is 1.68 bits per heavy atom. The van der Waals surface area contributed by atoms with Crippen LogP contribution in [0.5, 0.6) is 0 Å². The lowest BCUT2D eigenvalue weighted by molar-refractivity contribution is -0.192. The molecule has 0 aliphatic carbocycles. The quantitative estimate of drug-likeness (QED) is 0.209. The molecule has 4 N–H and O–H groups in total. The summed E-state index contributed by atoms with van der Waals surface area (Å²) >= 11 is 7.90. The third kappa shape index (κ3) is 8.93. The number of nitrogens with zero attached hydrogens (tertiary/aromatic N) is 6. The monoisotopic (exact) mass is 811 g/mol. The van der Waals surface area contributed by atoms with Gasteiger partial charge in [-0.3, -0.25) is 19.1 Å². The van der Waals surface area contributed by atoms with Crippen LogP contribution in [-0.2, 0) is 9.59 Å². The Hall–Kier alpha value is -5.57. The number of rotatable bonds is 6. The van der Waals surface area contributed by atoms with Gasteiger partial charge in [-0.25, -0.2) is 9.59 Å². The van der Waals surface area contributed by atoms with Crippen molar-refractivity contribution in [3.05, 3.63) is 97.4 Å². The van der Waals surface area contributed by atoms with E-state index in [4.69, 9.17) is 32.2 Å². The fourth-order valence-electron chi connectivity index (χ4n) is 6.41. The number of aliphatic carboxylic acids is 1. The number of aromatic nitrogens is 3. The van der Waals surface area contributed by atoms with Crippen LogP contribution in [0.1, 0.15) is 84.8 Å². The number of alkyl halides is 3. The molecule has 2 aromatic heterocycles. The summed E-state index contributed by atoms with van der Waals surface area (Å²) in [6, 6.07) is 11.3. The summed E-state index contributed by atoms with van der Waals surface area (Å²) < 4.78 is 33.8. The summed E-state index contributed by atoms with van der Waals surface area (Å²) in [4.78, 5) is 57.8. The second kappa shape index (κ2) is 17.1. The summed E-state index contributed by atoms with van der Waals surface area (Å²) in [5.41, 5.74) is 9.91. The van der Waals surface area contributed by atoms with Gasteiger partial charge in [-0.05, 0) is 69.5 Å². The SMILES string of the molecule is Cc1sc2c(c1C)C(c1ccc(Cl)cc1)=N[C@@H](CC(=O)N1CCC(N(C)C(=O)c3ccc(C(=O)O)c(C#CCN)c3)CC1)c1nnc(C)n1-2.O=C(O)C(F)(F)F. The van der Waals surface area contributed by atoms with Crippen LogP contribution in [-0.4, -0.2) is 103 Å². The van der Waals surface area contributed by atoms with E-state index in [2.05, 4.69) is 35.9 Å². The number of fused-ring (bicyclic) bond motifs is 3. The Bertz CT molecular complexity index is 2270. The molecule has 4 aromatic rings. The van der Waals surface area contributed by atoms with Gasteiger partial charge >= 0.3 is 18.1 Å². The Morgan fingerprint density at radius 3 is 2.27 bits per heavy atom. The molecule has 1 atom stereocenters. The van der Waals surface area contributed by atoms with Crippen molar-refractivity contribution in [3.63, 3.8) is 0 Å². The predicted molar refractivity (Wildman–Crippen MR) is 203 cm³/mol. The van der Waals surface area contributed by atoms with Crippen molar-refractivity contribution in [2.45, 2.75) is 58.3 Å². The summed E-state index contributed by atoms with van der Waals surface area (Å²) in [5, 5.41) is 27.2. The fraction of sp³-hybridized carbons (Fsp3) is 0.342. The van der Waals surface area contributed by atoms with Crippen molar-refractivity contribution in [1.29, 1.82) is 0 Å². The van der Waals surface area contributed by atoms with Crippen molar-refractivity contribution in [2.24, 2.45) is 10.7 Å². The second-order valence-electron chi connectivity index (χ2n) is 13.0. The molecule has 18 heteroatoms. The number of aryl methyl sites for hydroxylation is 2. The molecular weight excluding hydrogens is 775 g/mol. The largest absolute Gasteiger partial charge is 0.490 e. The molecule has 4 heterocycles. The van der Waals surface area contributed by atoms with E-state index in [0.717, 1.165) is 33.2 Å². The van der Waals surface area contributed by atoms with Crippen LogP contribution in [0.25, 0.3) is 5.00 Å². The lowest BCUT2D eigenvalue weighted by Gasteiger charge is -2.37. The highest BCUT2D eigenvalue weighted by molar-refractivity contribution is 7.15. The lowest BCUT2D eigenvalue weighted by atomic mass is 9.99. The minimum Gasteiger partial charge on any atom is -0.478 e. The van der Waals surface area contributed by atoms with Crippen molar-refractivity contribution >= 4 is 52.4 Å². The number of likely N-dealkylation sites (tertiary alicyclic amines) is 1. The average Bonchev–Trinajstić information content (AvgIpc) is 3.64. The predicted octanol–water partition coefficient (Wildman–Crippen LogP) is 5.59. The molecule has 0 spiro atoms. The van der Waals surface area contributed by atoms with Crippen LogP contribution in [0.2, 0.25) is 5.02 Å². The zero-order chi connectivity index (χ0) is 41.1. The van der Waals surface area contributed by atoms with Crippen LogP contribution in [0.4, 0.5) is 13.2 Å². The molecular formula is C38H37ClF3N7O6S. The van der Waals surface area contributed by atoms with E-state index in [1.165, 1.54) is 23.1 Å². The van der Waals surface area contributed by atoms with Gasteiger partial charge in [0, 0.05) is 58.3 Å². The maximum Gasteiger partial charge on any atom is 0.490 e. The fourth-order valence-corrected chi connectivity index (χ4v) is 7.75. The zero-order valence-corrected chi connectivity index (χ0v) is 32.2. The normalized spacial score (nSPS) is 15.2. The molecule has 0 saturated carbocycles. The second-order valence-corrected chi connectivity index (χ2v) is 14.7. The molecule has 0 bridgehead atoms. The number of amides is 2. The number of piperidine rings is 1. The highest BCUT2D eigenvalue weighted by atomic mass is 35.5. The number of carboxylic acids is 2. The topological polar surface area (TPSA) is 184 Å². The Kier molecular flexibility index (Phi) is 12.7. The third-order valence-electron chi connectivity index (χ3n) is 9.47. The molecule has 2 aromatic carbocycles. The molecule has 2 aliphatic rings. The maximum atomic E-state index is 13.9. The molecule has 6 rings (SSSR count). The number of benzene rings is 2. The summed E-state index contributed by atoms with van der Waals surface area (Å²) in [5.74, 6) is 2.61. The molecule has 2 aliphatic heterocycles. The highest BCUT2D eigenvalue weighted by Gasteiger charge is 2.38.